The molecule has 2 aromatic rings. The summed E-state index contributed by atoms with van der Waals surface area (Å²) in [5.74, 6) is -0.879. The van der Waals surface area contributed by atoms with Crippen molar-refractivity contribution in [3.8, 4) is 0 Å². The van der Waals surface area contributed by atoms with E-state index in [1.807, 2.05) is 13.8 Å². The van der Waals surface area contributed by atoms with Crippen LogP contribution in [0.4, 0.5) is 0 Å². The molecule has 2 N–H and O–H groups in total. The fraction of sp³-hybridized carbons (Fsp3) is 0.263. The smallest absolute Gasteiger partial charge is 0.286 e. The van der Waals surface area contributed by atoms with Crippen molar-refractivity contribution in [3.05, 3.63) is 69.5 Å². The van der Waals surface area contributed by atoms with Gasteiger partial charge in [-0.2, -0.15) is 13.5 Å². The molecule has 0 bridgehead atoms. The van der Waals surface area contributed by atoms with Crippen molar-refractivity contribution < 1.29 is 17.8 Å². The van der Waals surface area contributed by atoms with E-state index in [9.17, 15) is 17.8 Å². The third-order valence-corrected chi connectivity index (χ3v) is 6.75. The highest BCUT2D eigenvalue weighted by atomic mass is 35.5. The summed E-state index contributed by atoms with van der Waals surface area (Å²) in [6.07, 6.45) is 4.76. The highest BCUT2D eigenvalue weighted by Gasteiger charge is 2.58. The fourth-order valence-corrected chi connectivity index (χ4v) is 5.42. The van der Waals surface area contributed by atoms with Crippen LogP contribution in [0, 0.1) is 5.41 Å². The van der Waals surface area contributed by atoms with Gasteiger partial charge < -0.3 is 0 Å². The predicted octanol–water partition coefficient (Wildman–Crippen LogP) is 4.60. The summed E-state index contributed by atoms with van der Waals surface area (Å²) in [5.41, 5.74) is -0.181. The Morgan fingerprint density at radius 3 is 2.39 bits per heavy atom. The molecule has 148 valence electrons. The van der Waals surface area contributed by atoms with E-state index >= 15 is 0 Å². The Kier molecular flexibility index (Phi) is 5.08. The van der Waals surface area contributed by atoms with Crippen LogP contribution >= 0.6 is 23.2 Å². The van der Waals surface area contributed by atoms with Crippen LogP contribution in [-0.2, 0) is 10.1 Å². The summed E-state index contributed by atoms with van der Waals surface area (Å²) in [6, 6.07) is 5.66. The summed E-state index contributed by atoms with van der Waals surface area (Å²) in [5, 5.41) is 6.95. The second-order valence-corrected chi connectivity index (χ2v) is 9.68. The molecule has 1 aromatic heterocycles. The molecule has 6 nitrogen and oxygen atoms in total. The van der Waals surface area contributed by atoms with Crippen molar-refractivity contribution in [2.45, 2.75) is 25.5 Å². The fourth-order valence-electron chi connectivity index (χ4n) is 3.68. The number of benzene rings is 1. The summed E-state index contributed by atoms with van der Waals surface area (Å²) in [6.45, 7) is 5.21. The summed E-state index contributed by atoms with van der Waals surface area (Å²) < 4.78 is 33.5. The molecule has 9 heteroatoms. The zero-order valence-corrected chi connectivity index (χ0v) is 17.7. The Balaban J connectivity index is 2.40. The molecule has 1 heterocycles. The monoisotopic (exact) mass is 440 g/mol. The van der Waals surface area contributed by atoms with Gasteiger partial charge in [-0.1, -0.05) is 49.2 Å². The number of nitrogens with one attached hydrogen (secondary N) is 1. The van der Waals surface area contributed by atoms with E-state index in [0.717, 1.165) is 0 Å². The molecule has 1 aliphatic rings. The van der Waals surface area contributed by atoms with Crippen LogP contribution in [0.15, 0.2) is 48.2 Å². The lowest BCUT2D eigenvalue weighted by Gasteiger charge is -2.38. The zero-order chi connectivity index (χ0) is 20.9. The lowest BCUT2D eigenvalue weighted by atomic mass is 9.72. The highest BCUT2D eigenvalue weighted by Crippen LogP contribution is 2.49. The largest absolute Gasteiger partial charge is 0.291 e. The first-order valence-electron chi connectivity index (χ1n) is 8.30. The molecule has 0 fully saturated rings. The average molecular weight is 441 g/mol. The van der Waals surface area contributed by atoms with Crippen LogP contribution in [0.3, 0.4) is 0 Å². The molecular formula is C19H18Cl2N2O4S. The van der Waals surface area contributed by atoms with E-state index < -0.39 is 26.1 Å². The zero-order valence-electron chi connectivity index (χ0n) is 15.3. The first-order chi connectivity index (χ1) is 12.9. The van der Waals surface area contributed by atoms with E-state index in [4.69, 9.17) is 23.2 Å². The van der Waals surface area contributed by atoms with Crippen molar-refractivity contribution in [1.29, 1.82) is 0 Å². The predicted molar refractivity (Wildman–Crippen MR) is 109 cm³/mol. The van der Waals surface area contributed by atoms with Gasteiger partial charge in [0.25, 0.3) is 10.1 Å². The van der Waals surface area contributed by atoms with E-state index in [0.29, 0.717) is 5.02 Å². The lowest BCUT2D eigenvalue weighted by Crippen LogP contribution is -2.50. The number of rotatable bonds is 4. The number of hydrogen-bond acceptors (Lipinski definition) is 4. The number of aromatic amines is 1. The van der Waals surface area contributed by atoms with Gasteiger partial charge in [0.2, 0.25) is 4.75 Å². The Labute approximate surface area is 173 Å². The molecular weight excluding hydrogens is 423 g/mol. The Bertz CT molecular complexity index is 1120. The van der Waals surface area contributed by atoms with Gasteiger partial charge in [-0.15, -0.1) is 0 Å². The molecule has 1 unspecified atom stereocenters. The van der Waals surface area contributed by atoms with Crippen LogP contribution in [0.25, 0.3) is 5.57 Å². The maximum absolute atomic E-state index is 13.6. The number of Topliss-reactive ketones (excluding diaryl/α,β-unsaturated/α-hetero) is 1. The van der Waals surface area contributed by atoms with Crippen LogP contribution in [0.1, 0.15) is 36.8 Å². The number of hydrogen-bond donors (Lipinski definition) is 2. The normalized spacial score (nSPS) is 21.8. The number of halogens is 2. The van der Waals surface area contributed by atoms with E-state index in [-0.39, 0.29) is 27.4 Å². The van der Waals surface area contributed by atoms with Gasteiger partial charge in [-0.05, 0) is 36.8 Å². The van der Waals surface area contributed by atoms with Crippen molar-refractivity contribution in [2.24, 2.45) is 5.41 Å². The molecule has 0 spiro atoms. The summed E-state index contributed by atoms with van der Waals surface area (Å²) in [4.78, 5) is 13.6. The molecule has 0 saturated carbocycles. The van der Waals surface area contributed by atoms with Gasteiger partial charge in [0.15, 0.2) is 5.78 Å². The van der Waals surface area contributed by atoms with Gasteiger partial charge in [-0.3, -0.25) is 14.4 Å². The van der Waals surface area contributed by atoms with Crippen LogP contribution < -0.4 is 0 Å². The minimum Gasteiger partial charge on any atom is -0.291 e. The maximum atomic E-state index is 13.6. The molecule has 1 atom stereocenters. The Morgan fingerprint density at radius 1 is 1.18 bits per heavy atom. The van der Waals surface area contributed by atoms with E-state index in [2.05, 4.69) is 10.2 Å². The molecule has 0 saturated heterocycles. The van der Waals surface area contributed by atoms with Gasteiger partial charge in [0.1, 0.15) is 0 Å². The summed E-state index contributed by atoms with van der Waals surface area (Å²) >= 11 is 12.1. The van der Waals surface area contributed by atoms with Crippen molar-refractivity contribution in [3.63, 3.8) is 0 Å². The first-order valence-corrected chi connectivity index (χ1v) is 10.5. The minimum absolute atomic E-state index is 0.0143. The quantitative estimate of drug-likeness (QED) is 0.411. The van der Waals surface area contributed by atoms with Crippen LogP contribution in [-0.4, -0.2) is 33.7 Å². The first kappa shape index (κ1) is 20.8. The standard InChI is InChI=1S/C19H18Cl2N2O4S/c1-11-9-18(2,3)10-14(16-6-7-22-23-16)19(11,28(25,26)27)17(24)13-5-4-12(20)8-15(13)21/h4-10H,1-3H3,(H,22,23)(H,25,26,27). The third-order valence-electron chi connectivity index (χ3n) is 4.70. The SMILES string of the molecule is CC1=CC(C)(C)C=C(c2cc[nH]n2)C1(C(=O)c1ccc(Cl)cc1Cl)S(=O)(=O)O. The average Bonchev–Trinajstić information content (AvgIpc) is 3.05. The van der Waals surface area contributed by atoms with Crippen LogP contribution in [0.5, 0.6) is 0 Å². The molecule has 3 rings (SSSR count). The second-order valence-electron chi connectivity index (χ2n) is 7.28. The number of H-pyrrole nitrogens is 1. The Morgan fingerprint density at radius 2 is 1.86 bits per heavy atom. The minimum atomic E-state index is -4.97. The number of carbonyl (C=O) groups is 1. The van der Waals surface area contributed by atoms with E-state index in [1.165, 1.54) is 37.4 Å². The number of nitrogens with zero attached hydrogens (tertiary/aromatic N) is 1. The number of carbonyl (C=O) groups excluding carboxylic acids is 1. The molecule has 0 aliphatic heterocycles. The van der Waals surface area contributed by atoms with Gasteiger partial charge >= 0.3 is 0 Å². The van der Waals surface area contributed by atoms with Crippen LogP contribution in [0.2, 0.25) is 10.0 Å². The van der Waals surface area contributed by atoms with E-state index in [1.54, 1.807) is 12.2 Å². The molecule has 0 amide bonds. The van der Waals surface area contributed by atoms with Crippen molar-refractivity contribution in [1.82, 2.24) is 10.2 Å². The van der Waals surface area contributed by atoms with Crippen molar-refractivity contribution in [2.75, 3.05) is 0 Å². The van der Waals surface area contributed by atoms with Crippen molar-refractivity contribution >= 4 is 44.7 Å². The molecule has 28 heavy (non-hydrogen) atoms. The van der Waals surface area contributed by atoms with Gasteiger partial charge in [0.05, 0.1) is 10.7 Å². The second kappa shape index (κ2) is 6.84. The molecule has 1 aromatic carbocycles. The lowest BCUT2D eigenvalue weighted by molar-refractivity contribution is 0.0971. The number of aromatic nitrogens is 2. The number of allylic oxidation sites excluding steroid dienone is 2. The van der Waals surface area contributed by atoms with Gasteiger partial charge in [-0.25, -0.2) is 0 Å². The topological polar surface area (TPSA) is 100 Å². The van der Waals surface area contributed by atoms with Gasteiger partial charge in [0, 0.05) is 27.8 Å². The molecule has 0 radical (unpaired) electrons. The Hall–Kier alpha value is -1.93. The molecule has 1 aliphatic carbocycles. The number of ketones is 1. The highest BCUT2D eigenvalue weighted by molar-refractivity contribution is 7.89. The maximum Gasteiger partial charge on any atom is 0.286 e. The third kappa shape index (κ3) is 3.22. The summed E-state index contributed by atoms with van der Waals surface area (Å²) in [7, 11) is -4.97.